The van der Waals surface area contributed by atoms with Crippen LogP contribution in [0.5, 0.6) is 0 Å². The Morgan fingerprint density at radius 1 is 1.14 bits per heavy atom. The number of anilines is 2. The molecule has 1 saturated heterocycles. The van der Waals surface area contributed by atoms with Crippen LogP contribution in [0.15, 0.2) is 35.3 Å². The maximum Gasteiger partial charge on any atom is 0.393 e. The van der Waals surface area contributed by atoms with Crippen molar-refractivity contribution in [2.24, 2.45) is 10.9 Å². The van der Waals surface area contributed by atoms with Gasteiger partial charge in [0.05, 0.1) is 33.0 Å². The van der Waals surface area contributed by atoms with Gasteiger partial charge in [-0.1, -0.05) is 29.3 Å². The number of amides is 1. The Balaban J connectivity index is 1.75. The Bertz CT molecular complexity index is 1180. The van der Waals surface area contributed by atoms with Crippen molar-refractivity contribution >= 4 is 52.0 Å². The standard InChI is InChI=1S/C25H27Cl2F5N4O/c1-14-9-22(36-8-4-5-17(13-36)25(30,31)32)19(27)11-20(14)34-15(2)35-21-10-16(6-7-18(21)26)12-33-23(37)24(3,28)29/h6-7,9-11,17H,4-5,8,12-13H2,1-3H3,(H,33,37)(H,34,35). The SMILES string of the molecule is CC(=Nc1cc(Cl)c(N2CCCC(C(F)(F)F)C2)cc1C)Nc1cc(CNC(=O)C(C)(F)F)ccc1Cl. The number of carbonyl (C=O) groups is 1. The molecule has 0 bridgehead atoms. The number of amidine groups is 1. The zero-order valence-corrected chi connectivity index (χ0v) is 22.0. The van der Waals surface area contributed by atoms with Crippen LogP contribution in [0, 0.1) is 12.8 Å². The zero-order valence-electron chi connectivity index (χ0n) is 20.4. The number of hydrogen-bond acceptors (Lipinski definition) is 3. The van der Waals surface area contributed by atoms with E-state index >= 15 is 0 Å². The van der Waals surface area contributed by atoms with E-state index in [0.29, 0.717) is 58.4 Å². The van der Waals surface area contributed by atoms with Crippen molar-refractivity contribution in [3.8, 4) is 0 Å². The van der Waals surface area contributed by atoms with E-state index in [1.54, 1.807) is 49.1 Å². The average molecular weight is 565 g/mol. The summed E-state index contributed by atoms with van der Waals surface area (Å²) in [5.74, 6) is -5.83. The number of benzene rings is 2. The van der Waals surface area contributed by atoms with E-state index in [-0.39, 0.29) is 19.5 Å². The normalized spacial score (nSPS) is 17.1. The van der Waals surface area contributed by atoms with Gasteiger partial charge in [-0.3, -0.25) is 4.79 Å². The van der Waals surface area contributed by atoms with Crippen LogP contribution in [-0.2, 0) is 11.3 Å². The molecule has 3 rings (SSSR count). The first-order valence-electron chi connectivity index (χ1n) is 11.5. The maximum atomic E-state index is 13.2. The number of carbonyl (C=O) groups excluding carboxylic acids is 1. The quantitative estimate of drug-likeness (QED) is 0.217. The van der Waals surface area contributed by atoms with Crippen LogP contribution in [0.2, 0.25) is 10.0 Å². The zero-order chi connectivity index (χ0) is 27.5. The fourth-order valence-electron chi connectivity index (χ4n) is 4.00. The second-order valence-corrected chi connectivity index (χ2v) is 9.94. The van der Waals surface area contributed by atoms with Crippen molar-refractivity contribution in [1.29, 1.82) is 0 Å². The van der Waals surface area contributed by atoms with E-state index in [4.69, 9.17) is 23.2 Å². The smallest absolute Gasteiger partial charge is 0.370 e. The van der Waals surface area contributed by atoms with Gasteiger partial charge in [0.25, 0.3) is 5.91 Å². The molecule has 2 aromatic rings. The molecule has 0 spiro atoms. The van der Waals surface area contributed by atoms with Gasteiger partial charge in [0.2, 0.25) is 0 Å². The van der Waals surface area contributed by atoms with Gasteiger partial charge in [0.15, 0.2) is 0 Å². The van der Waals surface area contributed by atoms with E-state index in [0.717, 1.165) is 5.56 Å². The summed E-state index contributed by atoms with van der Waals surface area (Å²) in [5.41, 5.74) is 2.77. The van der Waals surface area contributed by atoms with Gasteiger partial charge in [-0.2, -0.15) is 22.0 Å². The fraction of sp³-hybridized carbons (Fsp3) is 0.440. The molecule has 2 N–H and O–H groups in total. The third-order valence-electron chi connectivity index (χ3n) is 5.98. The minimum atomic E-state index is -4.25. The Labute approximate surface area is 222 Å². The second-order valence-electron chi connectivity index (χ2n) is 9.12. The molecule has 1 aliphatic rings. The summed E-state index contributed by atoms with van der Waals surface area (Å²) in [4.78, 5) is 17.6. The summed E-state index contributed by atoms with van der Waals surface area (Å²) < 4.78 is 65.9. The summed E-state index contributed by atoms with van der Waals surface area (Å²) >= 11 is 12.7. The molecule has 12 heteroatoms. The van der Waals surface area contributed by atoms with E-state index < -0.39 is 23.9 Å². The number of nitrogens with zero attached hydrogens (tertiary/aromatic N) is 2. The van der Waals surface area contributed by atoms with Gasteiger partial charge in [-0.15, -0.1) is 0 Å². The van der Waals surface area contributed by atoms with Crippen LogP contribution in [-0.4, -0.2) is 36.9 Å². The van der Waals surface area contributed by atoms with Crippen molar-refractivity contribution in [2.75, 3.05) is 23.3 Å². The lowest BCUT2D eigenvalue weighted by Gasteiger charge is -2.36. The number of alkyl halides is 5. The molecule has 0 saturated carbocycles. The number of rotatable bonds is 6. The highest BCUT2D eigenvalue weighted by molar-refractivity contribution is 6.34. The number of aryl methyl sites for hydroxylation is 1. The van der Waals surface area contributed by atoms with Gasteiger partial charge in [-0.25, -0.2) is 4.99 Å². The first-order chi connectivity index (χ1) is 17.1. The summed E-state index contributed by atoms with van der Waals surface area (Å²) in [6, 6.07) is 8.10. The first-order valence-corrected chi connectivity index (χ1v) is 12.3. The highest BCUT2D eigenvalue weighted by atomic mass is 35.5. The van der Waals surface area contributed by atoms with Gasteiger partial charge in [-0.05, 0) is 62.1 Å². The number of piperidine rings is 1. The number of aliphatic imine (C=N–C) groups is 1. The lowest BCUT2D eigenvalue weighted by atomic mass is 9.96. The van der Waals surface area contributed by atoms with Crippen LogP contribution in [0.3, 0.4) is 0 Å². The Morgan fingerprint density at radius 3 is 2.49 bits per heavy atom. The molecule has 1 fully saturated rings. The Kier molecular flexibility index (Phi) is 8.95. The van der Waals surface area contributed by atoms with E-state index in [9.17, 15) is 26.7 Å². The maximum absolute atomic E-state index is 13.2. The number of halogens is 7. The molecule has 0 radical (unpaired) electrons. The molecule has 2 aromatic carbocycles. The summed E-state index contributed by atoms with van der Waals surface area (Å²) in [6.45, 7) is 4.21. The largest absolute Gasteiger partial charge is 0.393 e. The van der Waals surface area contributed by atoms with Crippen LogP contribution in [0.1, 0.15) is 37.8 Å². The van der Waals surface area contributed by atoms with Crippen LogP contribution >= 0.6 is 23.2 Å². The number of nitrogens with one attached hydrogen (secondary N) is 2. The molecule has 202 valence electrons. The van der Waals surface area contributed by atoms with Gasteiger partial charge < -0.3 is 15.5 Å². The van der Waals surface area contributed by atoms with Crippen molar-refractivity contribution < 1.29 is 26.7 Å². The molecule has 1 amide bonds. The topological polar surface area (TPSA) is 56.7 Å². The van der Waals surface area contributed by atoms with E-state index in [1.165, 1.54) is 0 Å². The highest BCUT2D eigenvalue weighted by Gasteiger charge is 2.42. The van der Waals surface area contributed by atoms with Crippen molar-refractivity contribution in [3.63, 3.8) is 0 Å². The van der Waals surface area contributed by atoms with Crippen LogP contribution in [0.25, 0.3) is 0 Å². The predicted octanol–water partition coefficient (Wildman–Crippen LogP) is 7.51. The molecule has 1 heterocycles. The first kappa shape index (κ1) is 29.0. The molecule has 1 unspecified atom stereocenters. The predicted molar refractivity (Wildman–Crippen MR) is 137 cm³/mol. The molecule has 1 aliphatic heterocycles. The lowest BCUT2D eigenvalue weighted by molar-refractivity contribution is -0.176. The summed E-state index contributed by atoms with van der Waals surface area (Å²) in [5, 5.41) is 5.85. The lowest BCUT2D eigenvalue weighted by Crippen LogP contribution is -2.41. The van der Waals surface area contributed by atoms with E-state index in [1.807, 2.05) is 0 Å². The minimum absolute atomic E-state index is 0.102. The summed E-state index contributed by atoms with van der Waals surface area (Å²) in [6.07, 6.45) is -3.73. The fourth-order valence-corrected chi connectivity index (χ4v) is 4.44. The van der Waals surface area contributed by atoms with Gasteiger partial charge >= 0.3 is 12.1 Å². The van der Waals surface area contributed by atoms with E-state index in [2.05, 4.69) is 15.6 Å². The molecule has 1 atom stereocenters. The Hall–Kier alpha value is -2.59. The third-order valence-corrected chi connectivity index (χ3v) is 6.61. The van der Waals surface area contributed by atoms with Gasteiger partial charge in [0.1, 0.15) is 5.84 Å². The highest BCUT2D eigenvalue weighted by Crippen LogP contribution is 2.39. The molecule has 0 aromatic heterocycles. The van der Waals surface area contributed by atoms with Crippen molar-refractivity contribution in [3.05, 3.63) is 51.5 Å². The van der Waals surface area contributed by atoms with Crippen molar-refractivity contribution in [2.45, 2.75) is 52.3 Å². The van der Waals surface area contributed by atoms with Crippen molar-refractivity contribution in [1.82, 2.24) is 5.32 Å². The molecular formula is C25H27Cl2F5N4O. The molecular weight excluding hydrogens is 538 g/mol. The third kappa shape index (κ3) is 7.70. The molecule has 5 nitrogen and oxygen atoms in total. The minimum Gasteiger partial charge on any atom is -0.370 e. The monoisotopic (exact) mass is 564 g/mol. The average Bonchev–Trinajstić information content (AvgIpc) is 2.80. The van der Waals surface area contributed by atoms with Crippen LogP contribution in [0.4, 0.5) is 39.0 Å². The second kappa shape index (κ2) is 11.4. The molecule has 0 aliphatic carbocycles. The Morgan fingerprint density at radius 2 is 1.84 bits per heavy atom. The molecule has 37 heavy (non-hydrogen) atoms. The van der Waals surface area contributed by atoms with Crippen LogP contribution < -0.4 is 15.5 Å². The summed E-state index contributed by atoms with van der Waals surface area (Å²) in [7, 11) is 0. The number of hydrogen-bond donors (Lipinski definition) is 2. The van der Waals surface area contributed by atoms with Gasteiger partial charge in [0, 0.05) is 26.6 Å².